The summed E-state index contributed by atoms with van der Waals surface area (Å²) in [5, 5.41) is 0. The molecule has 1 aromatic heterocycles. The van der Waals surface area contributed by atoms with Crippen molar-refractivity contribution < 1.29 is 23.8 Å². The van der Waals surface area contributed by atoms with Gasteiger partial charge in [-0.15, -0.1) is 0 Å². The first-order valence-electron chi connectivity index (χ1n) is 8.40. The Balaban J connectivity index is 1.68. The van der Waals surface area contributed by atoms with Crippen LogP contribution in [0.4, 0.5) is 0 Å². The van der Waals surface area contributed by atoms with E-state index in [-0.39, 0.29) is 17.4 Å². The molecular formula is C19H20N2O5. The molecule has 2 aromatic rings. The van der Waals surface area contributed by atoms with Gasteiger partial charge < -0.3 is 19.1 Å². The van der Waals surface area contributed by atoms with Gasteiger partial charge in [-0.05, 0) is 31.2 Å². The van der Waals surface area contributed by atoms with Gasteiger partial charge in [-0.1, -0.05) is 18.2 Å². The Kier molecular flexibility index (Phi) is 5.80. The van der Waals surface area contributed by atoms with Crippen LogP contribution in [0.25, 0.3) is 0 Å². The largest absolute Gasteiger partial charge is 0.449 e. The van der Waals surface area contributed by atoms with Crippen molar-refractivity contribution in [3.05, 3.63) is 54.2 Å². The second-order valence-electron chi connectivity index (χ2n) is 5.76. The highest BCUT2D eigenvalue weighted by atomic mass is 16.6. The van der Waals surface area contributed by atoms with Crippen LogP contribution in [0.5, 0.6) is 11.6 Å². The van der Waals surface area contributed by atoms with Crippen molar-refractivity contribution in [2.75, 3.05) is 26.3 Å². The monoisotopic (exact) mass is 356 g/mol. The molecule has 0 radical (unpaired) electrons. The highest BCUT2D eigenvalue weighted by Gasteiger charge is 2.27. The third kappa shape index (κ3) is 4.37. The third-order valence-corrected chi connectivity index (χ3v) is 3.90. The number of carbonyl (C=O) groups excluding carboxylic acids is 2. The number of morpholine rings is 1. The maximum atomic E-state index is 12.5. The Bertz CT molecular complexity index is 760. The number of ether oxygens (including phenoxy) is 3. The Hall–Kier alpha value is -2.93. The van der Waals surface area contributed by atoms with Gasteiger partial charge in [0.05, 0.1) is 13.2 Å². The molecule has 0 N–H and O–H groups in total. The van der Waals surface area contributed by atoms with E-state index >= 15 is 0 Å². The zero-order chi connectivity index (χ0) is 18.4. The number of para-hydroxylation sites is 1. The fourth-order valence-electron chi connectivity index (χ4n) is 2.54. The number of rotatable bonds is 5. The SMILES string of the molecule is C[C@@H](OC(=O)c1cccnc1Oc1ccccc1)C(=O)N1CCOCC1. The number of pyridine rings is 1. The average Bonchev–Trinajstić information content (AvgIpc) is 2.69. The molecule has 136 valence electrons. The Morgan fingerprint density at radius 3 is 2.58 bits per heavy atom. The lowest BCUT2D eigenvalue weighted by Gasteiger charge is -2.29. The van der Waals surface area contributed by atoms with Crippen LogP contribution in [-0.4, -0.2) is 54.2 Å². The normalized spacial score (nSPS) is 15.2. The van der Waals surface area contributed by atoms with Crippen LogP contribution in [0.2, 0.25) is 0 Å². The minimum atomic E-state index is -0.898. The summed E-state index contributed by atoms with van der Waals surface area (Å²) >= 11 is 0. The summed E-state index contributed by atoms with van der Waals surface area (Å²) in [5.74, 6) is -0.207. The molecule has 1 saturated heterocycles. The van der Waals surface area contributed by atoms with E-state index in [0.717, 1.165) is 0 Å². The molecule has 0 bridgehead atoms. The van der Waals surface area contributed by atoms with Crippen molar-refractivity contribution in [1.82, 2.24) is 9.88 Å². The van der Waals surface area contributed by atoms with Gasteiger partial charge in [0.25, 0.3) is 5.91 Å². The van der Waals surface area contributed by atoms with Crippen molar-refractivity contribution in [1.29, 1.82) is 0 Å². The van der Waals surface area contributed by atoms with Crippen molar-refractivity contribution in [2.45, 2.75) is 13.0 Å². The standard InChI is InChI=1S/C19H20N2O5/c1-14(18(22)21-10-12-24-13-11-21)25-19(23)16-8-5-9-20-17(16)26-15-6-3-2-4-7-15/h2-9,14H,10-13H2,1H3/t14-/m1/s1. The smallest absolute Gasteiger partial charge is 0.344 e. The molecule has 1 amide bonds. The molecular weight excluding hydrogens is 336 g/mol. The zero-order valence-electron chi connectivity index (χ0n) is 14.5. The van der Waals surface area contributed by atoms with Crippen LogP contribution in [0.3, 0.4) is 0 Å². The predicted molar refractivity (Wildman–Crippen MR) is 93.0 cm³/mol. The van der Waals surface area contributed by atoms with E-state index in [1.54, 1.807) is 36.1 Å². The van der Waals surface area contributed by atoms with E-state index in [1.807, 2.05) is 18.2 Å². The Morgan fingerprint density at radius 1 is 1.12 bits per heavy atom. The lowest BCUT2D eigenvalue weighted by atomic mass is 10.2. The average molecular weight is 356 g/mol. The predicted octanol–water partition coefficient (Wildman–Crippen LogP) is 2.28. The van der Waals surface area contributed by atoms with E-state index in [9.17, 15) is 9.59 Å². The van der Waals surface area contributed by atoms with Gasteiger partial charge in [-0.2, -0.15) is 0 Å². The second-order valence-corrected chi connectivity index (χ2v) is 5.76. The minimum Gasteiger partial charge on any atom is -0.449 e. The van der Waals surface area contributed by atoms with E-state index in [1.165, 1.54) is 6.20 Å². The van der Waals surface area contributed by atoms with Gasteiger partial charge in [0.15, 0.2) is 6.10 Å². The molecule has 26 heavy (non-hydrogen) atoms. The summed E-state index contributed by atoms with van der Waals surface area (Å²) in [5.41, 5.74) is 0.165. The van der Waals surface area contributed by atoms with Gasteiger partial charge in [-0.25, -0.2) is 9.78 Å². The number of nitrogens with zero attached hydrogens (tertiary/aromatic N) is 2. The van der Waals surface area contributed by atoms with Crippen molar-refractivity contribution in [3.63, 3.8) is 0 Å². The highest BCUT2D eigenvalue weighted by Crippen LogP contribution is 2.23. The van der Waals surface area contributed by atoms with Crippen molar-refractivity contribution >= 4 is 11.9 Å². The van der Waals surface area contributed by atoms with Gasteiger partial charge in [0, 0.05) is 19.3 Å². The van der Waals surface area contributed by atoms with Crippen LogP contribution in [0, 0.1) is 0 Å². The fourth-order valence-corrected chi connectivity index (χ4v) is 2.54. The molecule has 0 saturated carbocycles. The Morgan fingerprint density at radius 2 is 1.85 bits per heavy atom. The summed E-state index contributed by atoms with van der Waals surface area (Å²) < 4.78 is 16.2. The molecule has 1 fully saturated rings. The molecule has 2 heterocycles. The number of amides is 1. The molecule has 1 aliphatic heterocycles. The lowest BCUT2D eigenvalue weighted by molar-refractivity contribution is -0.143. The third-order valence-electron chi connectivity index (χ3n) is 3.90. The summed E-state index contributed by atoms with van der Waals surface area (Å²) in [6.07, 6.45) is 0.627. The molecule has 3 rings (SSSR count). The minimum absolute atomic E-state index is 0.134. The first-order chi connectivity index (χ1) is 12.6. The van der Waals surface area contributed by atoms with E-state index in [0.29, 0.717) is 32.1 Å². The van der Waals surface area contributed by atoms with Gasteiger partial charge >= 0.3 is 5.97 Å². The van der Waals surface area contributed by atoms with E-state index in [4.69, 9.17) is 14.2 Å². The summed E-state index contributed by atoms with van der Waals surface area (Å²) in [7, 11) is 0. The van der Waals surface area contributed by atoms with Gasteiger partial charge in [0.1, 0.15) is 11.3 Å². The zero-order valence-corrected chi connectivity index (χ0v) is 14.5. The van der Waals surface area contributed by atoms with Crippen LogP contribution in [0.15, 0.2) is 48.7 Å². The van der Waals surface area contributed by atoms with Crippen LogP contribution < -0.4 is 4.74 Å². The number of hydrogen-bond acceptors (Lipinski definition) is 6. The van der Waals surface area contributed by atoms with Crippen LogP contribution in [0.1, 0.15) is 17.3 Å². The number of aromatic nitrogens is 1. The molecule has 1 atom stereocenters. The van der Waals surface area contributed by atoms with Gasteiger partial charge in [0.2, 0.25) is 5.88 Å². The molecule has 0 spiro atoms. The molecule has 7 heteroatoms. The maximum Gasteiger partial charge on any atom is 0.344 e. The maximum absolute atomic E-state index is 12.5. The summed E-state index contributed by atoms with van der Waals surface area (Å²) in [6.45, 7) is 3.53. The number of carbonyl (C=O) groups is 2. The number of esters is 1. The molecule has 1 aromatic carbocycles. The molecule has 0 unspecified atom stereocenters. The number of hydrogen-bond donors (Lipinski definition) is 0. The van der Waals surface area contributed by atoms with Crippen molar-refractivity contribution in [2.24, 2.45) is 0 Å². The van der Waals surface area contributed by atoms with E-state index in [2.05, 4.69) is 4.98 Å². The quantitative estimate of drug-likeness (QED) is 0.765. The first kappa shape index (κ1) is 17.9. The lowest BCUT2D eigenvalue weighted by Crippen LogP contribution is -2.46. The molecule has 1 aliphatic rings. The van der Waals surface area contributed by atoms with Gasteiger partial charge in [-0.3, -0.25) is 4.79 Å². The summed E-state index contributed by atoms with van der Waals surface area (Å²) in [4.78, 5) is 30.6. The second kappa shape index (κ2) is 8.44. The highest BCUT2D eigenvalue weighted by molar-refractivity contribution is 5.94. The summed E-state index contributed by atoms with van der Waals surface area (Å²) in [6, 6.07) is 12.2. The molecule has 7 nitrogen and oxygen atoms in total. The van der Waals surface area contributed by atoms with Crippen molar-refractivity contribution in [3.8, 4) is 11.6 Å². The van der Waals surface area contributed by atoms with Crippen LogP contribution in [-0.2, 0) is 14.3 Å². The van der Waals surface area contributed by atoms with E-state index < -0.39 is 12.1 Å². The van der Waals surface area contributed by atoms with Crippen LogP contribution >= 0.6 is 0 Å². The Labute approximate surface area is 151 Å². The fraction of sp³-hybridized carbons (Fsp3) is 0.316. The number of benzene rings is 1. The topological polar surface area (TPSA) is 78.0 Å². The first-order valence-corrected chi connectivity index (χ1v) is 8.40. The molecule has 0 aliphatic carbocycles.